The Balaban J connectivity index is 1.89. The average molecular weight is 245 g/mol. The standard InChI is InChI=1S/C13H15N3S/c1-10-3-2-4-13-12(14-8-16(10)13)6-5-11-7-17-9-15-11/h5-10H,2-4H2,1H3/b6-5+. The fourth-order valence-electron chi connectivity index (χ4n) is 2.35. The van der Waals surface area contributed by atoms with Crippen molar-refractivity contribution >= 4 is 23.5 Å². The van der Waals surface area contributed by atoms with Gasteiger partial charge in [-0.25, -0.2) is 9.97 Å². The van der Waals surface area contributed by atoms with Crippen LogP contribution in [0.5, 0.6) is 0 Å². The maximum absolute atomic E-state index is 4.50. The zero-order valence-electron chi connectivity index (χ0n) is 9.84. The van der Waals surface area contributed by atoms with Gasteiger partial charge in [-0.2, -0.15) is 0 Å². The first kappa shape index (κ1) is 10.7. The van der Waals surface area contributed by atoms with Crippen molar-refractivity contribution in [2.45, 2.75) is 32.2 Å². The molecule has 0 radical (unpaired) electrons. The van der Waals surface area contributed by atoms with Gasteiger partial charge in [-0.05, 0) is 38.3 Å². The van der Waals surface area contributed by atoms with Crippen LogP contribution in [0.4, 0.5) is 0 Å². The van der Waals surface area contributed by atoms with Crippen LogP contribution in [0.1, 0.15) is 42.9 Å². The fraction of sp³-hybridized carbons (Fsp3) is 0.385. The van der Waals surface area contributed by atoms with E-state index in [1.165, 1.54) is 18.5 Å². The smallest absolute Gasteiger partial charge is 0.0958 e. The highest BCUT2D eigenvalue weighted by molar-refractivity contribution is 7.07. The molecule has 17 heavy (non-hydrogen) atoms. The Morgan fingerprint density at radius 1 is 1.41 bits per heavy atom. The van der Waals surface area contributed by atoms with Crippen molar-refractivity contribution in [3.8, 4) is 0 Å². The molecule has 0 spiro atoms. The third-order valence-electron chi connectivity index (χ3n) is 3.30. The summed E-state index contributed by atoms with van der Waals surface area (Å²) in [5.74, 6) is 0. The first-order chi connectivity index (χ1) is 8.34. The highest BCUT2D eigenvalue weighted by Crippen LogP contribution is 2.26. The third kappa shape index (κ3) is 2.05. The van der Waals surface area contributed by atoms with E-state index in [1.54, 1.807) is 11.3 Å². The lowest BCUT2D eigenvalue weighted by Gasteiger charge is -2.22. The Morgan fingerprint density at radius 2 is 2.35 bits per heavy atom. The van der Waals surface area contributed by atoms with Gasteiger partial charge in [0.05, 0.1) is 23.2 Å². The molecule has 3 rings (SSSR count). The van der Waals surface area contributed by atoms with Gasteiger partial charge in [0.15, 0.2) is 0 Å². The number of nitrogens with zero attached hydrogens (tertiary/aromatic N) is 3. The van der Waals surface area contributed by atoms with E-state index in [2.05, 4.69) is 27.5 Å². The Hall–Kier alpha value is -1.42. The van der Waals surface area contributed by atoms with E-state index in [0.717, 1.165) is 17.8 Å². The van der Waals surface area contributed by atoms with Crippen LogP contribution in [0, 0.1) is 0 Å². The molecule has 0 saturated heterocycles. The Kier molecular flexibility index (Phi) is 2.81. The normalized spacial score (nSPS) is 19.7. The molecule has 3 heterocycles. The van der Waals surface area contributed by atoms with Crippen LogP contribution >= 0.6 is 11.3 Å². The van der Waals surface area contributed by atoms with E-state index in [-0.39, 0.29) is 0 Å². The summed E-state index contributed by atoms with van der Waals surface area (Å²) in [6.07, 6.45) is 9.77. The van der Waals surface area contributed by atoms with Crippen molar-refractivity contribution in [1.82, 2.24) is 14.5 Å². The fourth-order valence-corrected chi connectivity index (χ4v) is 2.87. The highest BCUT2D eigenvalue weighted by atomic mass is 32.1. The van der Waals surface area contributed by atoms with Crippen LogP contribution in [-0.2, 0) is 6.42 Å². The van der Waals surface area contributed by atoms with Gasteiger partial charge in [0.25, 0.3) is 0 Å². The number of imidazole rings is 1. The van der Waals surface area contributed by atoms with Crippen LogP contribution < -0.4 is 0 Å². The van der Waals surface area contributed by atoms with E-state index in [4.69, 9.17) is 0 Å². The predicted molar refractivity (Wildman–Crippen MR) is 70.9 cm³/mol. The van der Waals surface area contributed by atoms with Gasteiger partial charge < -0.3 is 4.57 Å². The molecule has 3 nitrogen and oxygen atoms in total. The second-order valence-corrected chi connectivity index (χ2v) is 5.19. The van der Waals surface area contributed by atoms with E-state index in [0.29, 0.717) is 6.04 Å². The van der Waals surface area contributed by atoms with Crippen LogP contribution in [0.15, 0.2) is 17.2 Å². The van der Waals surface area contributed by atoms with Crippen molar-refractivity contribution in [1.29, 1.82) is 0 Å². The van der Waals surface area contributed by atoms with Crippen molar-refractivity contribution in [2.75, 3.05) is 0 Å². The largest absolute Gasteiger partial charge is 0.331 e. The maximum Gasteiger partial charge on any atom is 0.0958 e. The highest BCUT2D eigenvalue weighted by Gasteiger charge is 2.18. The molecule has 0 bridgehead atoms. The molecule has 2 aromatic rings. The molecule has 4 heteroatoms. The quantitative estimate of drug-likeness (QED) is 0.811. The number of thiazole rings is 1. The van der Waals surface area contributed by atoms with Crippen LogP contribution in [0.25, 0.3) is 12.2 Å². The number of hydrogen-bond acceptors (Lipinski definition) is 3. The molecule has 1 aliphatic rings. The summed E-state index contributed by atoms with van der Waals surface area (Å²) in [7, 11) is 0. The Morgan fingerprint density at radius 3 is 3.18 bits per heavy atom. The summed E-state index contributed by atoms with van der Waals surface area (Å²) >= 11 is 1.62. The van der Waals surface area contributed by atoms with Gasteiger partial charge in [-0.3, -0.25) is 0 Å². The average Bonchev–Trinajstić information content (AvgIpc) is 2.95. The monoisotopic (exact) mass is 245 g/mol. The van der Waals surface area contributed by atoms with Gasteiger partial charge >= 0.3 is 0 Å². The first-order valence-corrected chi connectivity index (χ1v) is 6.91. The Bertz CT molecular complexity index is 525. The van der Waals surface area contributed by atoms with Crippen molar-refractivity contribution in [2.24, 2.45) is 0 Å². The van der Waals surface area contributed by atoms with Crippen LogP contribution in [0.3, 0.4) is 0 Å². The van der Waals surface area contributed by atoms with Crippen molar-refractivity contribution < 1.29 is 0 Å². The summed E-state index contributed by atoms with van der Waals surface area (Å²) in [6.45, 7) is 2.26. The molecule has 1 aliphatic heterocycles. The van der Waals surface area contributed by atoms with E-state index >= 15 is 0 Å². The molecule has 0 N–H and O–H groups in total. The maximum atomic E-state index is 4.50. The zero-order valence-corrected chi connectivity index (χ0v) is 10.7. The number of hydrogen-bond donors (Lipinski definition) is 0. The number of aromatic nitrogens is 3. The van der Waals surface area contributed by atoms with Gasteiger partial charge in [0.2, 0.25) is 0 Å². The summed E-state index contributed by atoms with van der Waals surface area (Å²) in [5, 5.41) is 2.04. The minimum Gasteiger partial charge on any atom is -0.331 e. The molecule has 0 amide bonds. The van der Waals surface area contributed by atoms with Crippen LogP contribution in [-0.4, -0.2) is 14.5 Å². The topological polar surface area (TPSA) is 30.7 Å². The van der Waals surface area contributed by atoms with Crippen molar-refractivity contribution in [3.63, 3.8) is 0 Å². The molecule has 1 unspecified atom stereocenters. The molecule has 2 aromatic heterocycles. The lowest BCUT2D eigenvalue weighted by molar-refractivity contribution is 0.431. The predicted octanol–water partition coefficient (Wildman–Crippen LogP) is 3.41. The lowest BCUT2D eigenvalue weighted by Crippen LogP contribution is -2.14. The Labute approximate surface area is 105 Å². The zero-order chi connectivity index (χ0) is 11.7. The molecule has 1 atom stereocenters. The molecule has 88 valence electrons. The van der Waals surface area contributed by atoms with Crippen molar-refractivity contribution in [3.05, 3.63) is 34.3 Å². The molecular formula is C13H15N3S. The SMILES string of the molecule is CC1CCCc2c(/C=C/c3cscn3)ncn21. The molecule has 0 aliphatic carbocycles. The lowest BCUT2D eigenvalue weighted by atomic mass is 10.0. The van der Waals surface area contributed by atoms with E-state index in [1.807, 2.05) is 23.3 Å². The molecule has 0 saturated carbocycles. The van der Waals surface area contributed by atoms with Gasteiger partial charge in [-0.15, -0.1) is 11.3 Å². The van der Waals surface area contributed by atoms with E-state index < -0.39 is 0 Å². The number of rotatable bonds is 2. The number of fused-ring (bicyclic) bond motifs is 1. The summed E-state index contributed by atoms with van der Waals surface area (Å²) in [6, 6.07) is 0.590. The summed E-state index contributed by atoms with van der Waals surface area (Å²) in [4.78, 5) is 8.74. The van der Waals surface area contributed by atoms with Gasteiger partial charge in [-0.1, -0.05) is 0 Å². The molecule has 0 aromatic carbocycles. The van der Waals surface area contributed by atoms with Crippen LogP contribution in [0.2, 0.25) is 0 Å². The van der Waals surface area contributed by atoms with Gasteiger partial charge in [0.1, 0.15) is 0 Å². The molecule has 0 fully saturated rings. The molecular weight excluding hydrogens is 230 g/mol. The summed E-state index contributed by atoms with van der Waals surface area (Å²) < 4.78 is 2.31. The summed E-state index contributed by atoms with van der Waals surface area (Å²) in [5.41, 5.74) is 5.34. The second kappa shape index (κ2) is 4.45. The third-order valence-corrected chi connectivity index (χ3v) is 3.91. The first-order valence-electron chi connectivity index (χ1n) is 5.96. The van der Waals surface area contributed by atoms with Gasteiger partial charge in [0, 0.05) is 17.1 Å². The second-order valence-electron chi connectivity index (χ2n) is 4.47. The minimum absolute atomic E-state index is 0.590. The van der Waals surface area contributed by atoms with E-state index in [9.17, 15) is 0 Å². The minimum atomic E-state index is 0.590.